The number of methoxy groups -OCH3 is 1. The Kier molecular flexibility index (Phi) is 6.78. The third kappa shape index (κ3) is 5.19. The predicted molar refractivity (Wildman–Crippen MR) is 99.1 cm³/mol. The summed E-state index contributed by atoms with van der Waals surface area (Å²) in [6.45, 7) is -0.662. The number of aliphatic hydroxyl groups is 1. The Bertz CT molecular complexity index is 948. The smallest absolute Gasteiger partial charge is 0.330 e. The largest absolute Gasteiger partial charge is 0.467 e. The summed E-state index contributed by atoms with van der Waals surface area (Å²) in [5, 5.41) is 11.7. The predicted octanol–water partition coefficient (Wildman–Crippen LogP) is 1.40. The van der Waals surface area contributed by atoms with E-state index in [2.05, 4.69) is 14.8 Å². The van der Waals surface area contributed by atoms with Crippen LogP contribution in [0.5, 0.6) is 0 Å². The number of rotatable bonds is 7. The summed E-state index contributed by atoms with van der Waals surface area (Å²) in [5.74, 6) is -1.57. The first-order valence-electron chi connectivity index (χ1n) is 7.65. The van der Waals surface area contributed by atoms with Gasteiger partial charge in [-0.15, -0.1) is 0 Å². The Morgan fingerprint density at radius 1 is 1.19 bits per heavy atom. The van der Waals surface area contributed by atoms with Gasteiger partial charge in [0.2, 0.25) is 0 Å². The Labute approximate surface area is 161 Å². The summed E-state index contributed by atoms with van der Waals surface area (Å²) in [7, 11) is -2.89. The van der Waals surface area contributed by atoms with Gasteiger partial charge in [-0.25, -0.2) is 13.2 Å². The molecule has 8 nitrogen and oxygen atoms in total. The van der Waals surface area contributed by atoms with Gasteiger partial charge < -0.3 is 15.2 Å². The molecule has 0 aliphatic rings. The Balaban J connectivity index is 2.24. The van der Waals surface area contributed by atoms with Crippen molar-refractivity contribution in [2.24, 2.45) is 0 Å². The summed E-state index contributed by atoms with van der Waals surface area (Å²) in [6.07, 6.45) is 0. The van der Waals surface area contributed by atoms with Crippen LogP contribution in [0, 0.1) is 0 Å². The summed E-state index contributed by atoms with van der Waals surface area (Å²) in [5.41, 5.74) is 0.180. The maximum atomic E-state index is 12.5. The quantitative estimate of drug-likeness (QED) is 0.591. The van der Waals surface area contributed by atoms with Crippen molar-refractivity contribution in [3.63, 3.8) is 0 Å². The number of halogens is 1. The second-order valence-electron chi connectivity index (χ2n) is 5.34. The number of sulfonamides is 1. The van der Waals surface area contributed by atoms with Gasteiger partial charge in [0.25, 0.3) is 15.9 Å². The number of carbonyl (C=O) groups excluding carboxylic acids is 2. The van der Waals surface area contributed by atoms with Crippen LogP contribution in [-0.4, -0.2) is 45.2 Å². The van der Waals surface area contributed by atoms with Crippen molar-refractivity contribution < 1.29 is 27.9 Å². The molecule has 10 heteroatoms. The van der Waals surface area contributed by atoms with E-state index in [1.807, 2.05) is 0 Å². The van der Waals surface area contributed by atoms with Crippen LogP contribution in [0.2, 0.25) is 5.02 Å². The maximum Gasteiger partial charge on any atom is 0.330 e. The van der Waals surface area contributed by atoms with Crippen molar-refractivity contribution >= 4 is 39.2 Å². The molecule has 0 saturated heterocycles. The van der Waals surface area contributed by atoms with E-state index in [0.29, 0.717) is 0 Å². The normalized spacial score (nSPS) is 12.1. The first-order valence-corrected chi connectivity index (χ1v) is 9.51. The molecule has 0 radical (unpaired) electrons. The fraction of sp³-hybridized carbons (Fsp3) is 0.176. The number of anilines is 1. The highest BCUT2D eigenvalue weighted by molar-refractivity contribution is 7.92. The summed E-state index contributed by atoms with van der Waals surface area (Å²) in [4.78, 5) is 23.5. The summed E-state index contributed by atoms with van der Waals surface area (Å²) >= 11 is 5.96. The molecule has 1 amide bonds. The molecule has 0 unspecified atom stereocenters. The molecular weight excluding hydrogens is 396 g/mol. The van der Waals surface area contributed by atoms with Crippen LogP contribution in [0.3, 0.4) is 0 Å². The molecule has 0 bridgehead atoms. The highest BCUT2D eigenvalue weighted by Crippen LogP contribution is 2.24. The second-order valence-corrected chi connectivity index (χ2v) is 7.43. The van der Waals surface area contributed by atoms with Gasteiger partial charge in [0.15, 0.2) is 6.04 Å². The fourth-order valence-corrected chi connectivity index (χ4v) is 3.48. The molecule has 0 aliphatic heterocycles. The molecule has 0 saturated carbocycles. The van der Waals surface area contributed by atoms with E-state index in [-0.39, 0.29) is 21.2 Å². The van der Waals surface area contributed by atoms with Gasteiger partial charge in [0.1, 0.15) is 0 Å². The van der Waals surface area contributed by atoms with Gasteiger partial charge >= 0.3 is 5.97 Å². The zero-order valence-electron chi connectivity index (χ0n) is 14.2. The van der Waals surface area contributed by atoms with E-state index in [4.69, 9.17) is 16.7 Å². The lowest BCUT2D eigenvalue weighted by atomic mass is 10.2. The van der Waals surface area contributed by atoms with Crippen LogP contribution in [0.15, 0.2) is 53.4 Å². The molecule has 144 valence electrons. The molecule has 1 atom stereocenters. The fourth-order valence-electron chi connectivity index (χ4n) is 2.12. The molecule has 0 aliphatic carbocycles. The van der Waals surface area contributed by atoms with Crippen LogP contribution in [0.4, 0.5) is 5.69 Å². The van der Waals surface area contributed by atoms with Gasteiger partial charge in [0.05, 0.1) is 29.3 Å². The number of aliphatic hydroxyl groups excluding tert-OH is 1. The van der Waals surface area contributed by atoms with Crippen molar-refractivity contribution in [2.75, 3.05) is 18.4 Å². The van der Waals surface area contributed by atoms with Crippen LogP contribution in [0.25, 0.3) is 0 Å². The highest BCUT2D eigenvalue weighted by atomic mass is 35.5. The molecular formula is C17H17ClN2O6S. The van der Waals surface area contributed by atoms with E-state index < -0.39 is 34.5 Å². The Hall–Kier alpha value is -2.62. The van der Waals surface area contributed by atoms with Crippen molar-refractivity contribution in [1.29, 1.82) is 0 Å². The number of carbonyl (C=O) groups is 2. The number of hydrogen-bond donors (Lipinski definition) is 3. The van der Waals surface area contributed by atoms with Crippen molar-refractivity contribution in [3.8, 4) is 0 Å². The number of amides is 1. The summed E-state index contributed by atoms with van der Waals surface area (Å²) in [6, 6.07) is 10.2. The van der Waals surface area contributed by atoms with Crippen LogP contribution < -0.4 is 10.0 Å². The molecule has 0 spiro atoms. The first-order chi connectivity index (χ1) is 12.8. The molecule has 0 aromatic heterocycles. The van der Waals surface area contributed by atoms with Gasteiger partial charge in [-0.05, 0) is 30.3 Å². The third-order valence-electron chi connectivity index (χ3n) is 3.50. The number of hydrogen-bond acceptors (Lipinski definition) is 6. The van der Waals surface area contributed by atoms with Crippen molar-refractivity contribution in [2.45, 2.75) is 10.9 Å². The average Bonchev–Trinajstić information content (AvgIpc) is 2.67. The second kappa shape index (κ2) is 8.85. The first kappa shape index (κ1) is 20.7. The molecule has 0 fully saturated rings. The molecule has 2 aromatic rings. The van der Waals surface area contributed by atoms with Crippen LogP contribution in [0.1, 0.15) is 10.4 Å². The Morgan fingerprint density at radius 3 is 2.52 bits per heavy atom. The SMILES string of the molecule is COC(=O)[C@@H](CO)NC(=O)c1cccc(S(=O)(=O)Nc2ccccc2Cl)c1. The standard InChI is InChI=1S/C17H17ClN2O6S/c1-26-17(23)15(10-21)19-16(22)11-5-4-6-12(9-11)27(24,25)20-14-8-3-2-7-13(14)18/h2-9,15,20-21H,10H2,1H3,(H,19,22)/t15-/m1/s1. The zero-order valence-corrected chi connectivity index (χ0v) is 15.8. The molecule has 3 N–H and O–H groups in total. The molecule has 27 heavy (non-hydrogen) atoms. The van der Waals surface area contributed by atoms with E-state index in [9.17, 15) is 18.0 Å². The van der Waals surface area contributed by atoms with Crippen LogP contribution in [-0.2, 0) is 19.6 Å². The maximum absolute atomic E-state index is 12.5. The van der Waals surface area contributed by atoms with E-state index in [1.54, 1.807) is 12.1 Å². The van der Waals surface area contributed by atoms with E-state index >= 15 is 0 Å². The van der Waals surface area contributed by atoms with Gasteiger partial charge in [-0.2, -0.15) is 0 Å². The number of ether oxygens (including phenoxy) is 1. The average molecular weight is 413 g/mol. The number of esters is 1. The Morgan fingerprint density at radius 2 is 1.89 bits per heavy atom. The summed E-state index contributed by atoms with van der Waals surface area (Å²) < 4.78 is 31.9. The molecule has 2 rings (SSSR count). The monoisotopic (exact) mass is 412 g/mol. The lowest BCUT2D eigenvalue weighted by molar-refractivity contribution is -0.143. The minimum absolute atomic E-state index is 0.0145. The number of nitrogens with one attached hydrogen (secondary N) is 2. The minimum Gasteiger partial charge on any atom is -0.467 e. The highest BCUT2D eigenvalue weighted by Gasteiger charge is 2.22. The topological polar surface area (TPSA) is 122 Å². The van der Waals surface area contributed by atoms with Crippen molar-refractivity contribution in [3.05, 3.63) is 59.1 Å². The molecule has 2 aromatic carbocycles. The van der Waals surface area contributed by atoms with E-state index in [1.165, 1.54) is 30.3 Å². The lowest BCUT2D eigenvalue weighted by Gasteiger charge is -2.14. The van der Waals surface area contributed by atoms with Crippen molar-refractivity contribution in [1.82, 2.24) is 5.32 Å². The number of para-hydroxylation sites is 1. The van der Waals surface area contributed by atoms with E-state index in [0.717, 1.165) is 13.2 Å². The van der Waals surface area contributed by atoms with Gasteiger partial charge in [-0.1, -0.05) is 29.8 Å². The van der Waals surface area contributed by atoms with Crippen LogP contribution >= 0.6 is 11.6 Å². The third-order valence-corrected chi connectivity index (χ3v) is 5.19. The molecule has 0 heterocycles. The van der Waals surface area contributed by atoms with Gasteiger partial charge in [-0.3, -0.25) is 9.52 Å². The van der Waals surface area contributed by atoms with Gasteiger partial charge in [0, 0.05) is 5.56 Å². The minimum atomic E-state index is -4.00. The number of benzene rings is 2. The zero-order chi connectivity index (χ0) is 20.0. The lowest BCUT2D eigenvalue weighted by Crippen LogP contribution is -2.44.